The van der Waals surface area contributed by atoms with E-state index in [-0.39, 0.29) is 5.91 Å². The Kier molecular flexibility index (Phi) is 3.05. The van der Waals surface area contributed by atoms with Gasteiger partial charge in [-0.3, -0.25) is 4.79 Å². The first-order valence-corrected chi connectivity index (χ1v) is 4.22. The predicted octanol–water partition coefficient (Wildman–Crippen LogP) is -1.02. The Hall–Kier alpha value is -0.610. The lowest BCUT2D eigenvalue weighted by molar-refractivity contribution is -0.133. The van der Waals surface area contributed by atoms with Crippen molar-refractivity contribution in [2.24, 2.45) is 0 Å². The summed E-state index contributed by atoms with van der Waals surface area (Å²) in [5.74, 6) is 0.200. The molecule has 0 saturated carbocycles. The Bertz CT molecular complexity index is 166. The molecule has 12 heavy (non-hydrogen) atoms. The normalized spacial score (nSPS) is 17.7. The molecule has 0 aliphatic carbocycles. The van der Waals surface area contributed by atoms with Crippen molar-refractivity contribution >= 4 is 5.91 Å². The smallest absolute Gasteiger partial charge is 0.236 e. The summed E-state index contributed by atoms with van der Waals surface area (Å²) in [4.78, 5) is 15.2. The van der Waals surface area contributed by atoms with Crippen molar-refractivity contribution in [1.82, 2.24) is 15.1 Å². The van der Waals surface area contributed by atoms with E-state index in [4.69, 9.17) is 0 Å². The molecule has 0 aromatic carbocycles. The monoisotopic (exact) mass is 171 g/mol. The highest BCUT2D eigenvalue weighted by Gasteiger charge is 2.24. The fraction of sp³-hybridized carbons (Fsp3) is 0.875. The molecular formula is C8H17N3O. The highest BCUT2D eigenvalue weighted by molar-refractivity contribution is 5.78. The van der Waals surface area contributed by atoms with Crippen LogP contribution in [0.2, 0.25) is 0 Å². The number of carbonyl (C=O) groups is 1. The van der Waals surface area contributed by atoms with Crippen LogP contribution in [-0.4, -0.2) is 62.5 Å². The van der Waals surface area contributed by atoms with E-state index in [1.807, 2.05) is 30.9 Å². The van der Waals surface area contributed by atoms with E-state index in [1.54, 1.807) is 0 Å². The van der Waals surface area contributed by atoms with Gasteiger partial charge in [-0.05, 0) is 14.1 Å². The summed E-state index contributed by atoms with van der Waals surface area (Å²) in [5.41, 5.74) is 0. The molecule has 4 nitrogen and oxygen atoms in total. The molecule has 0 atom stereocenters. The Morgan fingerprint density at radius 3 is 2.33 bits per heavy atom. The van der Waals surface area contributed by atoms with Crippen molar-refractivity contribution < 1.29 is 4.79 Å². The van der Waals surface area contributed by atoms with Gasteiger partial charge < -0.3 is 15.1 Å². The first-order valence-electron chi connectivity index (χ1n) is 4.22. The molecule has 70 valence electrons. The van der Waals surface area contributed by atoms with Gasteiger partial charge in [-0.1, -0.05) is 0 Å². The topological polar surface area (TPSA) is 35.6 Å². The summed E-state index contributed by atoms with van der Waals surface area (Å²) in [6.45, 7) is 2.39. The molecule has 1 fully saturated rings. The van der Waals surface area contributed by atoms with E-state index in [1.165, 1.54) is 0 Å². The van der Waals surface area contributed by atoms with Crippen molar-refractivity contribution in [3.05, 3.63) is 0 Å². The zero-order valence-electron chi connectivity index (χ0n) is 8.00. The SMILES string of the molecule is CN(C)CC(=O)N(C)C1CNC1. The standard InChI is InChI=1S/C8H17N3O/c1-10(2)6-8(12)11(3)7-4-9-5-7/h7,9H,4-6H2,1-3H3. The van der Waals surface area contributed by atoms with Crippen LogP contribution in [-0.2, 0) is 4.79 Å². The number of carbonyl (C=O) groups excluding carboxylic acids is 1. The first kappa shape index (κ1) is 9.48. The Balaban J connectivity index is 2.30. The van der Waals surface area contributed by atoms with Crippen molar-refractivity contribution in [3.63, 3.8) is 0 Å². The molecular weight excluding hydrogens is 154 g/mol. The summed E-state index contributed by atoms with van der Waals surface area (Å²) in [6.07, 6.45) is 0. The van der Waals surface area contributed by atoms with Crippen molar-refractivity contribution in [1.29, 1.82) is 0 Å². The van der Waals surface area contributed by atoms with Crippen LogP contribution < -0.4 is 5.32 Å². The second kappa shape index (κ2) is 3.87. The van der Waals surface area contributed by atoms with Crippen LogP contribution in [0.3, 0.4) is 0 Å². The minimum absolute atomic E-state index is 0.200. The largest absolute Gasteiger partial charge is 0.339 e. The maximum atomic E-state index is 11.4. The van der Waals surface area contributed by atoms with Gasteiger partial charge in [0.2, 0.25) is 5.91 Å². The van der Waals surface area contributed by atoms with E-state index < -0.39 is 0 Å². The van der Waals surface area contributed by atoms with Gasteiger partial charge in [-0.2, -0.15) is 0 Å². The highest BCUT2D eigenvalue weighted by Crippen LogP contribution is 2.02. The van der Waals surface area contributed by atoms with Crippen LogP contribution in [0.25, 0.3) is 0 Å². The molecule has 0 aromatic heterocycles. The van der Waals surface area contributed by atoms with Crippen LogP contribution in [0, 0.1) is 0 Å². The van der Waals surface area contributed by atoms with Crippen LogP contribution in [0.15, 0.2) is 0 Å². The van der Waals surface area contributed by atoms with Crippen molar-refractivity contribution in [3.8, 4) is 0 Å². The number of likely N-dealkylation sites (N-methyl/N-ethyl adjacent to an activating group) is 2. The second-order valence-corrected chi connectivity index (χ2v) is 3.55. The molecule has 0 unspecified atom stereocenters. The van der Waals surface area contributed by atoms with E-state index in [0.29, 0.717) is 12.6 Å². The average molecular weight is 171 g/mol. The van der Waals surface area contributed by atoms with Gasteiger partial charge in [0.05, 0.1) is 12.6 Å². The fourth-order valence-corrected chi connectivity index (χ4v) is 1.13. The van der Waals surface area contributed by atoms with Crippen LogP contribution in [0.4, 0.5) is 0 Å². The van der Waals surface area contributed by atoms with Crippen LogP contribution in [0.5, 0.6) is 0 Å². The molecule has 0 radical (unpaired) electrons. The van der Waals surface area contributed by atoms with Crippen molar-refractivity contribution in [2.75, 3.05) is 40.8 Å². The van der Waals surface area contributed by atoms with Gasteiger partial charge in [0.1, 0.15) is 0 Å². The molecule has 1 heterocycles. The van der Waals surface area contributed by atoms with Crippen LogP contribution in [0.1, 0.15) is 0 Å². The van der Waals surface area contributed by atoms with Gasteiger partial charge in [-0.25, -0.2) is 0 Å². The molecule has 1 aliphatic heterocycles. The lowest BCUT2D eigenvalue weighted by Crippen LogP contribution is -2.58. The van der Waals surface area contributed by atoms with Crippen LogP contribution >= 0.6 is 0 Å². The third kappa shape index (κ3) is 2.19. The molecule has 4 heteroatoms. The van der Waals surface area contributed by atoms with E-state index >= 15 is 0 Å². The number of amides is 1. The second-order valence-electron chi connectivity index (χ2n) is 3.55. The molecule has 0 spiro atoms. The number of rotatable bonds is 3. The highest BCUT2D eigenvalue weighted by atomic mass is 16.2. The average Bonchev–Trinajstić information content (AvgIpc) is 1.81. The molecule has 0 aromatic rings. The minimum Gasteiger partial charge on any atom is -0.339 e. The minimum atomic E-state index is 0.200. The summed E-state index contributed by atoms with van der Waals surface area (Å²) < 4.78 is 0. The van der Waals surface area contributed by atoms with Crippen molar-refractivity contribution in [2.45, 2.75) is 6.04 Å². The number of hydrogen-bond donors (Lipinski definition) is 1. The van der Waals surface area contributed by atoms with E-state index in [9.17, 15) is 4.79 Å². The lowest BCUT2D eigenvalue weighted by atomic mass is 10.1. The van der Waals surface area contributed by atoms with Gasteiger partial charge in [0.25, 0.3) is 0 Å². The molecule has 1 saturated heterocycles. The first-order chi connectivity index (χ1) is 5.61. The Morgan fingerprint density at radius 2 is 2.00 bits per heavy atom. The quantitative estimate of drug-likeness (QED) is 0.590. The summed E-state index contributed by atoms with van der Waals surface area (Å²) in [5, 5.41) is 3.14. The van der Waals surface area contributed by atoms with Gasteiger partial charge in [0.15, 0.2) is 0 Å². The summed E-state index contributed by atoms with van der Waals surface area (Å²) >= 11 is 0. The number of hydrogen-bond acceptors (Lipinski definition) is 3. The predicted molar refractivity (Wildman–Crippen MR) is 48.0 cm³/mol. The lowest BCUT2D eigenvalue weighted by Gasteiger charge is -2.36. The Morgan fingerprint density at radius 1 is 1.42 bits per heavy atom. The van der Waals surface area contributed by atoms with E-state index in [2.05, 4.69) is 5.32 Å². The van der Waals surface area contributed by atoms with Gasteiger partial charge >= 0.3 is 0 Å². The number of nitrogens with one attached hydrogen (secondary N) is 1. The molecule has 0 bridgehead atoms. The molecule has 1 rings (SSSR count). The maximum Gasteiger partial charge on any atom is 0.236 e. The fourth-order valence-electron chi connectivity index (χ4n) is 1.13. The molecule has 1 N–H and O–H groups in total. The third-order valence-corrected chi connectivity index (χ3v) is 2.15. The maximum absolute atomic E-state index is 11.4. The third-order valence-electron chi connectivity index (χ3n) is 2.15. The summed E-state index contributed by atoms with van der Waals surface area (Å²) in [7, 11) is 5.69. The molecule has 1 aliphatic rings. The molecule has 1 amide bonds. The van der Waals surface area contributed by atoms with Gasteiger partial charge in [-0.15, -0.1) is 0 Å². The summed E-state index contributed by atoms with van der Waals surface area (Å²) in [6, 6.07) is 0.414. The zero-order chi connectivity index (χ0) is 9.14. The Labute approximate surface area is 73.5 Å². The van der Waals surface area contributed by atoms with E-state index in [0.717, 1.165) is 13.1 Å². The zero-order valence-corrected chi connectivity index (χ0v) is 8.00. The van der Waals surface area contributed by atoms with Gasteiger partial charge in [0, 0.05) is 20.1 Å². The number of nitrogens with zero attached hydrogens (tertiary/aromatic N) is 2.